The van der Waals surface area contributed by atoms with Crippen molar-refractivity contribution in [1.82, 2.24) is 0 Å². The first-order chi connectivity index (χ1) is 9.15. The van der Waals surface area contributed by atoms with Gasteiger partial charge in [-0.2, -0.15) is 0 Å². The highest BCUT2D eigenvalue weighted by molar-refractivity contribution is 4.73. The van der Waals surface area contributed by atoms with Crippen LogP contribution in [0.15, 0.2) is 13.2 Å². The topological polar surface area (TPSA) is 0 Å². The molecule has 1 aliphatic rings. The van der Waals surface area contributed by atoms with Gasteiger partial charge in [-0.25, -0.2) is 0 Å². The van der Waals surface area contributed by atoms with Crippen molar-refractivity contribution in [3.05, 3.63) is 13.2 Å². The van der Waals surface area contributed by atoms with Crippen LogP contribution in [0, 0.1) is 17.8 Å². The molecule has 1 fully saturated rings. The Kier molecular flexibility index (Phi) is 25.1. The first kappa shape index (κ1) is 23.8. The quantitative estimate of drug-likeness (QED) is 0.466. The molecule has 19 heavy (non-hydrogen) atoms. The van der Waals surface area contributed by atoms with Gasteiger partial charge in [-0.3, -0.25) is 0 Å². The van der Waals surface area contributed by atoms with E-state index in [9.17, 15) is 0 Å². The van der Waals surface area contributed by atoms with E-state index in [0.29, 0.717) is 0 Å². The van der Waals surface area contributed by atoms with Gasteiger partial charge in [0, 0.05) is 0 Å². The van der Waals surface area contributed by atoms with Crippen molar-refractivity contribution in [2.45, 2.75) is 93.4 Å². The predicted octanol–water partition coefficient (Wildman–Crippen LogP) is 7.49. The molecule has 0 spiro atoms. The number of hydrogen-bond acceptors (Lipinski definition) is 0. The minimum Gasteiger partial charge on any atom is -0.106 e. The van der Waals surface area contributed by atoms with Crippen molar-refractivity contribution in [3.63, 3.8) is 0 Å². The fourth-order valence-corrected chi connectivity index (χ4v) is 2.19. The monoisotopic (exact) mass is 270 g/mol. The normalized spacial score (nSPS) is 22.5. The van der Waals surface area contributed by atoms with Crippen LogP contribution in [-0.4, -0.2) is 0 Å². The van der Waals surface area contributed by atoms with E-state index in [1.54, 1.807) is 0 Å². The molecule has 0 nitrogen and oxygen atoms in total. The second kappa shape index (κ2) is 20.1. The third-order valence-corrected chi connectivity index (χ3v) is 4.01. The molecule has 0 aromatic carbocycles. The zero-order chi connectivity index (χ0) is 15.7. The average Bonchev–Trinajstić information content (AvgIpc) is 2.51. The third-order valence-electron chi connectivity index (χ3n) is 4.01. The van der Waals surface area contributed by atoms with Crippen LogP contribution in [-0.2, 0) is 0 Å². The molecule has 0 bridgehead atoms. The molecule has 0 saturated heterocycles. The van der Waals surface area contributed by atoms with E-state index in [0.717, 1.165) is 17.8 Å². The van der Waals surface area contributed by atoms with Crippen LogP contribution in [0.1, 0.15) is 93.4 Å². The molecule has 0 aliphatic heterocycles. The molecule has 1 rings (SSSR count). The van der Waals surface area contributed by atoms with Crippen molar-refractivity contribution in [2.75, 3.05) is 0 Å². The van der Waals surface area contributed by atoms with Gasteiger partial charge < -0.3 is 0 Å². The van der Waals surface area contributed by atoms with E-state index < -0.39 is 0 Å². The molecule has 1 unspecified atom stereocenters. The summed E-state index contributed by atoms with van der Waals surface area (Å²) < 4.78 is 0. The first-order valence-corrected chi connectivity index (χ1v) is 8.65. The maximum atomic E-state index is 3.00. The molecule has 118 valence electrons. The van der Waals surface area contributed by atoms with Crippen LogP contribution >= 0.6 is 0 Å². The Labute approximate surface area is 125 Å². The Bertz CT molecular complexity index is 129. The van der Waals surface area contributed by atoms with Gasteiger partial charge in [-0.05, 0) is 30.6 Å². The highest BCUT2D eigenvalue weighted by Crippen LogP contribution is 2.33. The summed E-state index contributed by atoms with van der Waals surface area (Å²) in [4.78, 5) is 0. The Morgan fingerprint density at radius 3 is 1.53 bits per heavy atom. The number of unbranched alkanes of at least 4 members (excludes halogenated alkanes) is 1. The van der Waals surface area contributed by atoms with Gasteiger partial charge in [-0.15, -0.1) is 13.2 Å². The Balaban J connectivity index is -0.000000271. The Morgan fingerprint density at radius 1 is 0.895 bits per heavy atom. The van der Waals surface area contributed by atoms with E-state index in [-0.39, 0.29) is 0 Å². The molecule has 1 saturated carbocycles. The highest BCUT2D eigenvalue weighted by Gasteiger charge is 2.21. The zero-order valence-corrected chi connectivity index (χ0v) is 15.1. The van der Waals surface area contributed by atoms with E-state index in [1.165, 1.54) is 44.9 Å². The lowest BCUT2D eigenvalue weighted by molar-refractivity contribution is 0.219. The number of hydrogen-bond donors (Lipinski definition) is 0. The van der Waals surface area contributed by atoms with Gasteiger partial charge >= 0.3 is 0 Å². The van der Waals surface area contributed by atoms with Gasteiger partial charge in [0.25, 0.3) is 0 Å². The lowest BCUT2D eigenvalue weighted by atomic mass is 9.76. The second-order valence-electron chi connectivity index (χ2n) is 5.41. The zero-order valence-electron chi connectivity index (χ0n) is 15.1. The molecular formula is C19H42. The molecule has 0 aromatic heterocycles. The molecule has 0 radical (unpaired) electrons. The molecular weight excluding hydrogens is 228 g/mol. The fourth-order valence-electron chi connectivity index (χ4n) is 2.19. The summed E-state index contributed by atoms with van der Waals surface area (Å²) in [5.74, 6) is 3.04. The van der Waals surface area contributed by atoms with E-state index in [4.69, 9.17) is 0 Å². The lowest BCUT2D eigenvalue weighted by Crippen LogP contribution is -2.18. The molecule has 1 aliphatic carbocycles. The third kappa shape index (κ3) is 15.7. The summed E-state index contributed by atoms with van der Waals surface area (Å²) in [7, 11) is 0. The Morgan fingerprint density at radius 2 is 1.26 bits per heavy atom. The molecule has 0 amide bonds. The maximum Gasteiger partial charge on any atom is -0.0388 e. The van der Waals surface area contributed by atoms with Crippen LogP contribution in [0.5, 0.6) is 0 Å². The highest BCUT2D eigenvalue weighted by atomic mass is 14.3. The van der Waals surface area contributed by atoms with Crippen molar-refractivity contribution >= 4 is 0 Å². The summed E-state index contributed by atoms with van der Waals surface area (Å²) in [6.45, 7) is 21.5. The summed E-state index contributed by atoms with van der Waals surface area (Å²) in [5.41, 5.74) is 0. The minimum absolute atomic E-state index is 0.975. The van der Waals surface area contributed by atoms with E-state index >= 15 is 0 Å². The smallest absolute Gasteiger partial charge is 0.0388 e. The van der Waals surface area contributed by atoms with Gasteiger partial charge in [0.1, 0.15) is 0 Å². The Hall–Kier alpha value is -0.260. The second-order valence-corrected chi connectivity index (χ2v) is 5.41. The largest absolute Gasteiger partial charge is 0.106 e. The molecule has 0 aromatic rings. The summed E-state index contributed by atoms with van der Waals surface area (Å²) in [6.07, 6.45) is 9.97. The van der Waals surface area contributed by atoms with Crippen LogP contribution in [0.2, 0.25) is 0 Å². The van der Waals surface area contributed by atoms with Crippen LogP contribution in [0.25, 0.3) is 0 Å². The maximum absolute atomic E-state index is 3.00. The van der Waals surface area contributed by atoms with Crippen molar-refractivity contribution in [1.29, 1.82) is 0 Å². The standard InChI is InChI=1S/C11H22.C4H10.C2H6.C2H4/c1-4-10(3)11-7-5-9(2)6-8-11;1-3-4-2;2*1-2/h9-11H,4-8H2,1-3H3;3-4H2,1-2H3;1-2H3;1-2H2. The summed E-state index contributed by atoms with van der Waals surface area (Å²) in [6, 6.07) is 0. The lowest BCUT2D eigenvalue weighted by Gasteiger charge is -2.30. The average molecular weight is 271 g/mol. The predicted molar refractivity (Wildman–Crippen MR) is 93.8 cm³/mol. The summed E-state index contributed by atoms with van der Waals surface area (Å²) >= 11 is 0. The van der Waals surface area contributed by atoms with Crippen molar-refractivity contribution in [3.8, 4) is 0 Å². The van der Waals surface area contributed by atoms with Gasteiger partial charge in [-0.1, -0.05) is 80.6 Å². The van der Waals surface area contributed by atoms with Gasteiger partial charge in [0.05, 0.1) is 0 Å². The number of rotatable bonds is 3. The van der Waals surface area contributed by atoms with Crippen LogP contribution in [0.4, 0.5) is 0 Å². The first-order valence-electron chi connectivity index (χ1n) is 8.65. The SMILES string of the molecule is C=C.CC.CCC(C)C1CCC(C)CC1.CCCC. The molecule has 0 heterocycles. The summed E-state index contributed by atoms with van der Waals surface area (Å²) in [5, 5.41) is 0. The van der Waals surface area contributed by atoms with Gasteiger partial charge in [0.2, 0.25) is 0 Å². The van der Waals surface area contributed by atoms with Crippen LogP contribution < -0.4 is 0 Å². The van der Waals surface area contributed by atoms with Gasteiger partial charge in [0.15, 0.2) is 0 Å². The fraction of sp³-hybridized carbons (Fsp3) is 0.895. The van der Waals surface area contributed by atoms with Crippen LogP contribution in [0.3, 0.4) is 0 Å². The molecule has 0 heteroatoms. The van der Waals surface area contributed by atoms with E-state index in [2.05, 4.69) is 47.8 Å². The van der Waals surface area contributed by atoms with Crippen molar-refractivity contribution in [2.24, 2.45) is 17.8 Å². The van der Waals surface area contributed by atoms with Crippen molar-refractivity contribution < 1.29 is 0 Å². The van der Waals surface area contributed by atoms with E-state index in [1.807, 2.05) is 13.8 Å². The molecule has 1 atom stereocenters. The minimum atomic E-state index is 0.975. The molecule has 0 N–H and O–H groups in total.